The molecule has 1 heterocycles. The van der Waals surface area contributed by atoms with Crippen LogP contribution >= 0.6 is 0 Å². The molecule has 25 heavy (non-hydrogen) atoms. The number of rotatable bonds is 5. The predicted octanol–water partition coefficient (Wildman–Crippen LogP) is 3.49. The van der Waals surface area contributed by atoms with Crippen molar-refractivity contribution >= 4 is 23.3 Å². The second-order valence-corrected chi connectivity index (χ2v) is 6.34. The van der Waals surface area contributed by atoms with Gasteiger partial charge in [0.15, 0.2) is 5.78 Å². The Morgan fingerprint density at radius 2 is 1.92 bits per heavy atom. The van der Waals surface area contributed by atoms with Crippen molar-refractivity contribution < 1.29 is 9.59 Å². The van der Waals surface area contributed by atoms with Crippen LogP contribution in [0, 0.1) is 0 Å². The average molecular weight is 338 g/mol. The molecule has 0 spiro atoms. The molecule has 0 unspecified atom stereocenters. The summed E-state index contributed by atoms with van der Waals surface area (Å²) in [5, 5.41) is 6.09. The first-order valence-corrected chi connectivity index (χ1v) is 8.64. The number of amides is 1. The lowest BCUT2D eigenvalue weighted by molar-refractivity contribution is 0.0922. The Morgan fingerprint density at radius 3 is 2.68 bits per heavy atom. The molecular weight excluding hydrogens is 316 g/mol. The van der Waals surface area contributed by atoms with Gasteiger partial charge in [-0.15, -0.1) is 0 Å². The van der Waals surface area contributed by atoms with Crippen molar-refractivity contribution in [1.82, 2.24) is 15.3 Å². The highest BCUT2D eigenvalue weighted by Gasteiger charge is 2.17. The van der Waals surface area contributed by atoms with E-state index in [1.807, 2.05) is 6.07 Å². The molecule has 0 saturated heterocycles. The van der Waals surface area contributed by atoms with Gasteiger partial charge in [-0.05, 0) is 38.0 Å². The molecule has 2 aromatic rings. The van der Waals surface area contributed by atoms with Crippen molar-refractivity contribution in [2.24, 2.45) is 0 Å². The summed E-state index contributed by atoms with van der Waals surface area (Å²) >= 11 is 0. The van der Waals surface area contributed by atoms with Crippen molar-refractivity contribution in [3.63, 3.8) is 0 Å². The number of aromatic nitrogens is 2. The molecule has 0 atom stereocenters. The van der Waals surface area contributed by atoms with Crippen LogP contribution in [0.25, 0.3) is 0 Å². The molecule has 0 aliphatic heterocycles. The summed E-state index contributed by atoms with van der Waals surface area (Å²) in [5.41, 5.74) is 1.65. The largest absolute Gasteiger partial charge is 0.348 e. The van der Waals surface area contributed by atoms with Crippen molar-refractivity contribution in [2.75, 3.05) is 5.32 Å². The van der Waals surface area contributed by atoms with E-state index >= 15 is 0 Å². The Bertz CT molecular complexity index is 770. The molecule has 6 heteroatoms. The molecular formula is C19H22N4O2. The summed E-state index contributed by atoms with van der Waals surface area (Å²) in [5.74, 6) is 0.150. The molecule has 6 nitrogen and oxygen atoms in total. The Morgan fingerprint density at radius 1 is 1.12 bits per heavy atom. The molecule has 1 amide bonds. The highest BCUT2D eigenvalue weighted by Crippen LogP contribution is 2.18. The Hall–Kier alpha value is -2.76. The van der Waals surface area contributed by atoms with E-state index in [0.29, 0.717) is 22.9 Å². The predicted molar refractivity (Wildman–Crippen MR) is 96.1 cm³/mol. The number of nitrogens with zero attached hydrogens (tertiary/aromatic N) is 2. The fraction of sp³-hybridized carbons (Fsp3) is 0.368. The first kappa shape index (κ1) is 17.1. The zero-order valence-electron chi connectivity index (χ0n) is 14.3. The van der Waals surface area contributed by atoms with Gasteiger partial charge in [-0.1, -0.05) is 31.4 Å². The maximum absolute atomic E-state index is 12.4. The molecule has 130 valence electrons. The van der Waals surface area contributed by atoms with Crippen LogP contribution in [0.2, 0.25) is 0 Å². The highest BCUT2D eigenvalue weighted by molar-refractivity contribution is 5.95. The Balaban J connectivity index is 1.69. The summed E-state index contributed by atoms with van der Waals surface area (Å²) < 4.78 is 0. The van der Waals surface area contributed by atoms with E-state index in [4.69, 9.17) is 0 Å². The van der Waals surface area contributed by atoms with E-state index < -0.39 is 0 Å². The molecule has 0 bridgehead atoms. The lowest BCUT2D eigenvalue weighted by Gasteiger charge is -2.22. The van der Waals surface area contributed by atoms with E-state index in [0.717, 1.165) is 25.7 Å². The molecule has 1 fully saturated rings. The van der Waals surface area contributed by atoms with Gasteiger partial charge in [0.1, 0.15) is 5.69 Å². The van der Waals surface area contributed by atoms with Crippen LogP contribution in [0.1, 0.15) is 59.9 Å². The van der Waals surface area contributed by atoms with Crippen LogP contribution in [0.3, 0.4) is 0 Å². The van der Waals surface area contributed by atoms with Crippen molar-refractivity contribution in [1.29, 1.82) is 0 Å². The quantitative estimate of drug-likeness (QED) is 0.815. The lowest BCUT2D eigenvalue weighted by Crippen LogP contribution is -2.36. The van der Waals surface area contributed by atoms with E-state index in [-0.39, 0.29) is 17.7 Å². The van der Waals surface area contributed by atoms with Gasteiger partial charge in [0.2, 0.25) is 5.95 Å². The summed E-state index contributed by atoms with van der Waals surface area (Å²) in [6.07, 6.45) is 7.18. The molecule has 1 aromatic heterocycles. The van der Waals surface area contributed by atoms with Gasteiger partial charge in [0.25, 0.3) is 5.91 Å². The summed E-state index contributed by atoms with van der Waals surface area (Å²) in [7, 11) is 0. The topological polar surface area (TPSA) is 84.0 Å². The minimum Gasteiger partial charge on any atom is -0.348 e. The van der Waals surface area contributed by atoms with Crippen LogP contribution in [0.15, 0.2) is 36.5 Å². The monoisotopic (exact) mass is 338 g/mol. The normalized spacial score (nSPS) is 14.8. The SMILES string of the molecule is CC(=O)c1cccc(Nc2nccc(C(=O)NC3CCCCC3)n2)c1. The molecule has 2 N–H and O–H groups in total. The van der Waals surface area contributed by atoms with Gasteiger partial charge < -0.3 is 10.6 Å². The van der Waals surface area contributed by atoms with Crippen molar-refractivity contribution in [3.8, 4) is 0 Å². The first-order chi connectivity index (χ1) is 12.1. The Labute approximate surface area is 147 Å². The molecule has 0 radical (unpaired) electrons. The summed E-state index contributed by atoms with van der Waals surface area (Å²) in [6, 6.07) is 8.95. The lowest BCUT2D eigenvalue weighted by atomic mass is 9.95. The van der Waals surface area contributed by atoms with Crippen LogP contribution in [0.5, 0.6) is 0 Å². The van der Waals surface area contributed by atoms with Gasteiger partial charge in [-0.2, -0.15) is 0 Å². The molecule has 1 aliphatic rings. The van der Waals surface area contributed by atoms with Crippen LogP contribution < -0.4 is 10.6 Å². The number of Topliss-reactive ketones (excluding diaryl/α,β-unsaturated/α-hetero) is 1. The maximum atomic E-state index is 12.4. The highest BCUT2D eigenvalue weighted by atomic mass is 16.2. The Kier molecular flexibility index (Phi) is 5.38. The minimum absolute atomic E-state index is 0.00909. The van der Waals surface area contributed by atoms with Crippen LogP contribution in [0.4, 0.5) is 11.6 Å². The van der Waals surface area contributed by atoms with Crippen molar-refractivity contribution in [3.05, 3.63) is 47.8 Å². The number of nitrogens with one attached hydrogen (secondary N) is 2. The van der Waals surface area contributed by atoms with E-state index in [1.54, 1.807) is 30.5 Å². The number of benzene rings is 1. The van der Waals surface area contributed by atoms with Gasteiger partial charge in [0.05, 0.1) is 0 Å². The fourth-order valence-electron chi connectivity index (χ4n) is 3.00. The molecule has 1 aliphatic carbocycles. The molecule has 1 saturated carbocycles. The van der Waals surface area contributed by atoms with E-state index in [9.17, 15) is 9.59 Å². The van der Waals surface area contributed by atoms with Gasteiger partial charge in [0, 0.05) is 23.5 Å². The van der Waals surface area contributed by atoms with Gasteiger partial charge in [-0.25, -0.2) is 9.97 Å². The zero-order valence-corrected chi connectivity index (χ0v) is 14.3. The van der Waals surface area contributed by atoms with Crippen LogP contribution in [-0.2, 0) is 0 Å². The third-order valence-corrected chi connectivity index (χ3v) is 4.35. The van der Waals surface area contributed by atoms with E-state index in [2.05, 4.69) is 20.6 Å². The zero-order chi connectivity index (χ0) is 17.6. The number of carbonyl (C=O) groups excluding carboxylic acids is 2. The minimum atomic E-state index is -0.171. The fourth-order valence-corrected chi connectivity index (χ4v) is 3.00. The average Bonchev–Trinajstić information content (AvgIpc) is 2.63. The van der Waals surface area contributed by atoms with E-state index in [1.165, 1.54) is 13.3 Å². The molecule has 3 rings (SSSR count). The summed E-state index contributed by atoms with van der Waals surface area (Å²) in [4.78, 5) is 32.3. The van der Waals surface area contributed by atoms with Crippen LogP contribution in [-0.4, -0.2) is 27.7 Å². The maximum Gasteiger partial charge on any atom is 0.270 e. The number of hydrogen-bond acceptors (Lipinski definition) is 5. The number of hydrogen-bond donors (Lipinski definition) is 2. The standard InChI is InChI=1S/C19H22N4O2/c1-13(24)14-6-5-9-16(12-14)22-19-20-11-10-17(23-19)18(25)21-15-7-3-2-4-8-15/h5-6,9-12,15H,2-4,7-8H2,1H3,(H,21,25)(H,20,22,23). The van der Waals surface area contributed by atoms with Gasteiger partial charge in [-0.3, -0.25) is 9.59 Å². The third-order valence-electron chi connectivity index (χ3n) is 4.35. The molecule has 1 aromatic carbocycles. The second-order valence-electron chi connectivity index (χ2n) is 6.34. The third kappa shape index (κ3) is 4.62. The first-order valence-electron chi connectivity index (χ1n) is 8.64. The number of anilines is 2. The number of ketones is 1. The number of carbonyl (C=O) groups is 2. The smallest absolute Gasteiger partial charge is 0.270 e. The summed E-state index contributed by atoms with van der Waals surface area (Å²) in [6.45, 7) is 1.52. The van der Waals surface area contributed by atoms with Crippen molar-refractivity contribution in [2.45, 2.75) is 45.1 Å². The second kappa shape index (κ2) is 7.88. The van der Waals surface area contributed by atoms with Gasteiger partial charge >= 0.3 is 0 Å².